The van der Waals surface area contributed by atoms with Crippen LogP contribution in [0.3, 0.4) is 0 Å². The van der Waals surface area contributed by atoms with Crippen LogP contribution in [-0.4, -0.2) is 44.6 Å². The summed E-state index contributed by atoms with van der Waals surface area (Å²) in [5.74, 6) is 1.20. The average molecular weight is 339 g/mol. The van der Waals surface area contributed by atoms with Crippen LogP contribution in [0.5, 0.6) is 5.75 Å². The molecule has 9 nitrogen and oxygen atoms in total. The van der Waals surface area contributed by atoms with Gasteiger partial charge >= 0.3 is 0 Å². The number of amides is 1. The molecule has 0 atom stereocenters. The van der Waals surface area contributed by atoms with Crippen LogP contribution in [0.25, 0.3) is 5.65 Å². The SMILES string of the molecule is CN1C(=O)C(C)(C)COc2ccc(Nc3nccn4nnnc34)cc21. The molecule has 1 N–H and O–H groups in total. The normalized spacial score (nSPS) is 16.3. The molecule has 3 aromatic rings. The summed E-state index contributed by atoms with van der Waals surface area (Å²) in [5.41, 5.74) is 1.39. The van der Waals surface area contributed by atoms with Gasteiger partial charge in [0.25, 0.3) is 0 Å². The first-order chi connectivity index (χ1) is 12.0. The van der Waals surface area contributed by atoms with Gasteiger partial charge in [-0.15, -0.1) is 5.10 Å². The lowest BCUT2D eigenvalue weighted by Gasteiger charge is -2.24. The zero-order valence-corrected chi connectivity index (χ0v) is 14.1. The average Bonchev–Trinajstić information content (AvgIpc) is 3.06. The van der Waals surface area contributed by atoms with E-state index in [0.717, 1.165) is 5.69 Å². The first kappa shape index (κ1) is 15.3. The highest BCUT2D eigenvalue weighted by atomic mass is 16.5. The van der Waals surface area contributed by atoms with Gasteiger partial charge < -0.3 is 15.0 Å². The summed E-state index contributed by atoms with van der Waals surface area (Å²) in [6, 6.07) is 5.55. The third-order valence-corrected chi connectivity index (χ3v) is 4.17. The number of benzene rings is 1. The fourth-order valence-corrected chi connectivity index (χ4v) is 2.77. The maximum absolute atomic E-state index is 12.6. The van der Waals surface area contributed by atoms with Crippen molar-refractivity contribution in [3.05, 3.63) is 30.6 Å². The van der Waals surface area contributed by atoms with Crippen LogP contribution in [0.1, 0.15) is 13.8 Å². The van der Waals surface area contributed by atoms with Crippen molar-refractivity contribution >= 4 is 28.7 Å². The van der Waals surface area contributed by atoms with Gasteiger partial charge in [-0.3, -0.25) is 4.79 Å². The van der Waals surface area contributed by atoms with E-state index in [2.05, 4.69) is 25.8 Å². The molecule has 0 unspecified atom stereocenters. The van der Waals surface area contributed by atoms with Gasteiger partial charge in [0, 0.05) is 18.9 Å². The topological polar surface area (TPSA) is 97.5 Å². The number of carbonyl (C=O) groups excluding carboxylic acids is 1. The molecule has 1 aromatic carbocycles. The lowest BCUT2D eigenvalue weighted by Crippen LogP contribution is -2.39. The Morgan fingerprint density at radius 2 is 2.16 bits per heavy atom. The van der Waals surface area contributed by atoms with E-state index in [4.69, 9.17) is 4.74 Å². The van der Waals surface area contributed by atoms with Crippen LogP contribution in [0, 0.1) is 5.41 Å². The molecule has 25 heavy (non-hydrogen) atoms. The Morgan fingerprint density at radius 1 is 1.32 bits per heavy atom. The third kappa shape index (κ3) is 2.53. The number of nitrogens with zero attached hydrogens (tertiary/aromatic N) is 6. The molecule has 0 spiro atoms. The van der Waals surface area contributed by atoms with Crippen molar-refractivity contribution in [1.82, 2.24) is 25.0 Å². The van der Waals surface area contributed by atoms with Crippen LogP contribution < -0.4 is 15.0 Å². The Balaban J connectivity index is 1.71. The summed E-state index contributed by atoms with van der Waals surface area (Å²) in [5, 5.41) is 14.6. The highest BCUT2D eigenvalue weighted by Gasteiger charge is 2.36. The minimum atomic E-state index is -0.582. The Hall–Kier alpha value is -3.23. The predicted molar refractivity (Wildman–Crippen MR) is 91.0 cm³/mol. The molecule has 0 radical (unpaired) electrons. The Labute approximate surface area is 143 Å². The molecule has 0 fully saturated rings. The lowest BCUT2D eigenvalue weighted by molar-refractivity contribution is -0.127. The summed E-state index contributed by atoms with van der Waals surface area (Å²) < 4.78 is 7.35. The molecule has 3 heterocycles. The molecule has 2 aromatic heterocycles. The van der Waals surface area contributed by atoms with Gasteiger partial charge in [-0.05, 0) is 42.5 Å². The monoisotopic (exact) mass is 339 g/mol. The Morgan fingerprint density at radius 3 is 3.00 bits per heavy atom. The van der Waals surface area contributed by atoms with E-state index < -0.39 is 5.41 Å². The van der Waals surface area contributed by atoms with E-state index in [1.54, 1.807) is 24.3 Å². The van der Waals surface area contributed by atoms with E-state index in [0.29, 0.717) is 29.5 Å². The van der Waals surface area contributed by atoms with Crippen molar-refractivity contribution in [3.63, 3.8) is 0 Å². The van der Waals surface area contributed by atoms with Gasteiger partial charge in [-0.2, -0.15) is 4.52 Å². The third-order valence-electron chi connectivity index (χ3n) is 4.17. The minimum Gasteiger partial charge on any atom is -0.490 e. The number of tetrazole rings is 1. The zero-order chi connectivity index (χ0) is 17.6. The molecule has 0 aliphatic carbocycles. The standard InChI is InChI=1S/C16H17N7O2/c1-16(2)9-25-12-5-4-10(8-11(12)22(3)15(16)24)18-13-14-19-20-21-23(14)7-6-17-13/h4-8H,9H2,1-3H3,(H,17,18). The number of rotatable bonds is 2. The summed E-state index contributed by atoms with van der Waals surface area (Å²) in [6.45, 7) is 4.09. The number of hydrogen-bond donors (Lipinski definition) is 1. The van der Waals surface area contributed by atoms with E-state index >= 15 is 0 Å². The second-order valence-electron chi connectivity index (χ2n) is 6.57. The van der Waals surface area contributed by atoms with E-state index in [-0.39, 0.29) is 5.91 Å². The second-order valence-corrected chi connectivity index (χ2v) is 6.57. The largest absolute Gasteiger partial charge is 0.490 e. The lowest BCUT2D eigenvalue weighted by atomic mass is 9.93. The van der Waals surface area contributed by atoms with Crippen molar-refractivity contribution in [2.24, 2.45) is 5.41 Å². The number of carbonyl (C=O) groups is 1. The van der Waals surface area contributed by atoms with Crippen LogP contribution in [-0.2, 0) is 4.79 Å². The van der Waals surface area contributed by atoms with Gasteiger partial charge in [0.15, 0.2) is 5.82 Å². The molecule has 0 saturated carbocycles. The fourth-order valence-electron chi connectivity index (χ4n) is 2.77. The van der Waals surface area contributed by atoms with Crippen molar-refractivity contribution in [3.8, 4) is 5.75 Å². The van der Waals surface area contributed by atoms with Gasteiger partial charge in [0.05, 0.1) is 17.3 Å². The highest BCUT2D eigenvalue weighted by molar-refractivity contribution is 5.99. The van der Waals surface area contributed by atoms with Gasteiger partial charge in [-0.1, -0.05) is 0 Å². The van der Waals surface area contributed by atoms with Gasteiger partial charge in [0.2, 0.25) is 11.6 Å². The maximum Gasteiger partial charge on any atom is 0.235 e. The summed E-state index contributed by atoms with van der Waals surface area (Å²) >= 11 is 0. The van der Waals surface area contributed by atoms with Crippen LogP contribution in [0.15, 0.2) is 30.6 Å². The number of anilines is 3. The predicted octanol–water partition coefficient (Wildman–Crippen LogP) is 1.64. The molecule has 1 aliphatic heterocycles. The molecular weight excluding hydrogens is 322 g/mol. The van der Waals surface area contributed by atoms with Crippen molar-refractivity contribution in [1.29, 1.82) is 0 Å². The number of ether oxygens (including phenoxy) is 1. The van der Waals surface area contributed by atoms with E-state index in [1.165, 1.54) is 4.52 Å². The molecule has 128 valence electrons. The van der Waals surface area contributed by atoms with Crippen molar-refractivity contribution in [2.75, 3.05) is 23.9 Å². The van der Waals surface area contributed by atoms with E-state index in [1.807, 2.05) is 32.0 Å². The molecular formula is C16H17N7O2. The van der Waals surface area contributed by atoms with E-state index in [9.17, 15) is 4.79 Å². The molecule has 4 rings (SSSR count). The fraction of sp³-hybridized carbons (Fsp3) is 0.312. The molecule has 0 bridgehead atoms. The van der Waals surface area contributed by atoms with Gasteiger partial charge in [-0.25, -0.2) is 4.98 Å². The quantitative estimate of drug-likeness (QED) is 0.758. The van der Waals surface area contributed by atoms with Crippen LogP contribution in [0.2, 0.25) is 0 Å². The summed E-state index contributed by atoms with van der Waals surface area (Å²) in [7, 11) is 1.75. The molecule has 9 heteroatoms. The minimum absolute atomic E-state index is 0.00489. The zero-order valence-electron chi connectivity index (χ0n) is 14.1. The Kier molecular flexibility index (Phi) is 3.31. The number of nitrogens with one attached hydrogen (secondary N) is 1. The first-order valence-corrected chi connectivity index (χ1v) is 7.80. The molecule has 1 aliphatic rings. The number of hydrogen-bond acceptors (Lipinski definition) is 7. The smallest absolute Gasteiger partial charge is 0.235 e. The maximum atomic E-state index is 12.6. The summed E-state index contributed by atoms with van der Waals surface area (Å²) in [6.07, 6.45) is 3.27. The van der Waals surface area contributed by atoms with Crippen LogP contribution in [0.4, 0.5) is 17.2 Å². The van der Waals surface area contributed by atoms with Crippen molar-refractivity contribution in [2.45, 2.75) is 13.8 Å². The van der Waals surface area contributed by atoms with Crippen molar-refractivity contribution < 1.29 is 9.53 Å². The van der Waals surface area contributed by atoms with Gasteiger partial charge in [0.1, 0.15) is 12.4 Å². The first-order valence-electron chi connectivity index (χ1n) is 7.80. The van der Waals surface area contributed by atoms with Crippen LogP contribution >= 0.6 is 0 Å². The molecule has 0 saturated heterocycles. The highest BCUT2D eigenvalue weighted by Crippen LogP contribution is 2.37. The molecule has 1 amide bonds. The summed E-state index contributed by atoms with van der Waals surface area (Å²) in [4.78, 5) is 18.5. The number of aromatic nitrogens is 5. The number of fused-ring (bicyclic) bond motifs is 2. The second kappa shape index (κ2) is 5.40. The Bertz CT molecular complexity index is 966.